The standard InChI is InChI=1S/C9H19NO4S.C8H16O3.C7H14O2.C6H12O2.Na/c1-5-7(2)8(11)10-9(3,4)6-15(12,13)14;1-4-8(2,3)7(10)11-6-5-9;1-5-7(2,3)6(8)9-4;1-4-6(2,3)5(7)8;/h7H,5-6H2,1-4H3,(H,10,11)(H,12,13,14);9H,4-6H2,1-3H3;5H2,1-4H3;4H2,1-3H3,(H,7,8);/q;;;;+1/p-1. The third-order valence-electron chi connectivity index (χ3n) is 6.90. The van der Waals surface area contributed by atoms with E-state index in [1.807, 2.05) is 55.4 Å². The predicted molar refractivity (Wildman–Crippen MR) is 166 cm³/mol. The van der Waals surface area contributed by atoms with Crippen LogP contribution in [0.4, 0.5) is 0 Å². The molecule has 1 unspecified atom stereocenters. The Kier molecular flexibility index (Phi) is 28.5. The number of hydrogen-bond donors (Lipinski definition) is 3. The van der Waals surface area contributed by atoms with Crippen LogP contribution >= 0.6 is 0 Å². The van der Waals surface area contributed by atoms with Crippen LogP contribution in [0.2, 0.25) is 0 Å². The summed E-state index contributed by atoms with van der Waals surface area (Å²) in [7, 11) is -2.91. The van der Waals surface area contributed by atoms with Crippen LogP contribution in [0.5, 0.6) is 0 Å². The molecule has 0 aromatic carbocycles. The third kappa shape index (κ3) is 27.1. The second kappa shape index (κ2) is 24.0. The number of hydrogen-bond acceptors (Lipinski definition) is 10. The second-order valence-corrected chi connectivity index (χ2v) is 14.2. The first-order valence-electron chi connectivity index (χ1n) is 14.5. The number of aliphatic hydroxyl groups excluding tert-OH is 1. The molecular weight excluding hydrogens is 605 g/mol. The van der Waals surface area contributed by atoms with Crippen molar-refractivity contribution in [3.05, 3.63) is 0 Å². The van der Waals surface area contributed by atoms with Gasteiger partial charge >= 0.3 is 47.5 Å². The van der Waals surface area contributed by atoms with E-state index in [0.29, 0.717) is 12.8 Å². The van der Waals surface area contributed by atoms with Crippen molar-refractivity contribution >= 4 is 33.9 Å². The summed E-state index contributed by atoms with van der Waals surface area (Å²) in [6.07, 6.45) is 2.92. The minimum Gasteiger partial charge on any atom is -0.748 e. The summed E-state index contributed by atoms with van der Waals surface area (Å²) < 4.78 is 41.0. The van der Waals surface area contributed by atoms with Crippen LogP contribution in [0.3, 0.4) is 0 Å². The number of nitrogens with one attached hydrogen (secondary N) is 1. The molecule has 0 aromatic heterocycles. The molecule has 0 spiro atoms. The summed E-state index contributed by atoms with van der Waals surface area (Å²) in [6.45, 7) is 23.2. The average molecular weight is 666 g/mol. The third-order valence-corrected chi connectivity index (χ3v) is 7.98. The van der Waals surface area contributed by atoms with E-state index in [1.165, 1.54) is 21.0 Å². The van der Waals surface area contributed by atoms with Crippen LogP contribution in [0, 0.1) is 22.2 Å². The van der Waals surface area contributed by atoms with Gasteiger partial charge in [0.25, 0.3) is 0 Å². The zero-order chi connectivity index (χ0) is 35.5. The van der Waals surface area contributed by atoms with Gasteiger partial charge in [0.1, 0.15) is 6.61 Å². The monoisotopic (exact) mass is 665 g/mol. The molecule has 1 atom stereocenters. The van der Waals surface area contributed by atoms with Crippen LogP contribution in [0.1, 0.15) is 116 Å². The van der Waals surface area contributed by atoms with Crippen molar-refractivity contribution in [2.75, 3.05) is 26.1 Å². The van der Waals surface area contributed by atoms with Crippen LogP contribution < -0.4 is 34.9 Å². The zero-order valence-corrected chi connectivity index (χ0v) is 32.8. The van der Waals surface area contributed by atoms with Gasteiger partial charge < -0.3 is 29.6 Å². The van der Waals surface area contributed by atoms with Gasteiger partial charge in [0.2, 0.25) is 5.91 Å². The Labute approximate surface area is 288 Å². The SMILES string of the molecule is CCC(C)(C)C(=O)O.CCC(C)(C)C(=O)OC.CCC(C)(C)C(=O)OCCO.CCC(C)C(=O)NC(C)(C)CS(=O)(=O)[O-].[Na+]. The Morgan fingerprint density at radius 2 is 1.20 bits per heavy atom. The molecule has 3 N–H and O–H groups in total. The number of carboxylic acid groups (broad SMARTS) is 1. The van der Waals surface area contributed by atoms with Crippen molar-refractivity contribution in [1.29, 1.82) is 0 Å². The fraction of sp³-hybridized carbons (Fsp3) is 0.867. The van der Waals surface area contributed by atoms with E-state index < -0.39 is 38.2 Å². The van der Waals surface area contributed by atoms with Crippen LogP contribution in [0.25, 0.3) is 0 Å². The van der Waals surface area contributed by atoms with E-state index >= 15 is 0 Å². The maximum absolute atomic E-state index is 11.5. The summed E-state index contributed by atoms with van der Waals surface area (Å²) in [4.78, 5) is 43.7. The van der Waals surface area contributed by atoms with Crippen LogP contribution in [0.15, 0.2) is 0 Å². The summed E-state index contributed by atoms with van der Waals surface area (Å²) >= 11 is 0. The van der Waals surface area contributed by atoms with E-state index in [-0.39, 0.29) is 71.9 Å². The molecule has 0 aliphatic carbocycles. The van der Waals surface area contributed by atoms with E-state index in [9.17, 15) is 32.1 Å². The Morgan fingerprint density at radius 3 is 1.43 bits per heavy atom. The first-order valence-corrected chi connectivity index (χ1v) is 16.1. The Balaban J connectivity index is -0.000000157. The van der Waals surface area contributed by atoms with Gasteiger partial charge in [-0.2, -0.15) is 0 Å². The number of amides is 1. The molecule has 44 heavy (non-hydrogen) atoms. The van der Waals surface area contributed by atoms with Gasteiger partial charge in [0, 0.05) is 11.5 Å². The van der Waals surface area contributed by atoms with Crippen molar-refractivity contribution < 1.29 is 81.4 Å². The molecule has 12 nitrogen and oxygen atoms in total. The van der Waals surface area contributed by atoms with Gasteiger partial charge in [-0.05, 0) is 81.1 Å². The number of aliphatic carboxylic acids is 1. The van der Waals surface area contributed by atoms with Crippen LogP contribution in [-0.2, 0) is 38.8 Å². The number of carboxylic acids is 1. The number of ether oxygens (including phenoxy) is 2. The summed E-state index contributed by atoms with van der Waals surface area (Å²) in [6, 6.07) is 0. The average Bonchev–Trinajstić information content (AvgIpc) is 2.89. The zero-order valence-electron chi connectivity index (χ0n) is 30.0. The Morgan fingerprint density at radius 1 is 0.818 bits per heavy atom. The van der Waals surface area contributed by atoms with E-state index in [0.717, 1.165) is 12.8 Å². The molecule has 0 saturated carbocycles. The summed E-state index contributed by atoms with van der Waals surface area (Å²) in [5, 5.41) is 19.4. The second-order valence-electron chi connectivity index (χ2n) is 12.8. The predicted octanol–water partition coefficient (Wildman–Crippen LogP) is 1.54. The summed E-state index contributed by atoms with van der Waals surface area (Å²) in [5.41, 5.74) is -2.29. The first kappa shape index (κ1) is 52.3. The maximum Gasteiger partial charge on any atom is 1.00 e. The molecular formula is C30H60NNaO11S. The molecule has 0 heterocycles. The van der Waals surface area contributed by atoms with Gasteiger partial charge in [0.05, 0.1) is 45.8 Å². The van der Waals surface area contributed by atoms with Gasteiger partial charge in [0.15, 0.2) is 0 Å². The smallest absolute Gasteiger partial charge is 0.748 e. The van der Waals surface area contributed by atoms with Gasteiger partial charge in [-0.15, -0.1) is 0 Å². The number of esters is 2. The number of carbonyl (C=O) groups is 4. The first-order chi connectivity index (χ1) is 19.2. The molecule has 14 heteroatoms. The largest absolute Gasteiger partial charge is 1.00 e. The topological polar surface area (TPSA) is 196 Å². The molecule has 0 rings (SSSR count). The molecule has 0 saturated heterocycles. The number of carbonyl (C=O) groups excluding carboxylic acids is 3. The molecule has 0 fully saturated rings. The quantitative estimate of drug-likeness (QED) is 0.147. The molecule has 258 valence electrons. The normalized spacial score (nSPS) is 12.2. The molecule has 0 aliphatic rings. The van der Waals surface area contributed by atoms with Crippen molar-refractivity contribution in [3.8, 4) is 0 Å². The fourth-order valence-electron chi connectivity index (χ4n) is 2.17. The van der Waals surface area contributed by atoms with E-state index in [1.54, 1.807) is 20.8 Å². The van der Waals surface area contributed by atoms with Crippen molar-refractivity contribution in [3.63, 3.8) is 0 Å². The minimum absolute atomic E-state index is 0. The fourth-order valence-corrected chi connectivity index (χ4v) is 3.13. The maximum atomic E-state index is 11.5. The molecule has 0 aromatic rings. The van der Waals surface area contributed by atoms with Crippen molar-refractivity contribution in [2.24, 2.45) is 22.2 Å². The number of rotatable bonds is 13. The van der Waals surface area contributed by atoms with Crippen LogP contribution in [-0.4, -0.2) is 78.6 Å². The minimum atomic E-state index is -4.32. The van der Waals surface area contributed by atoms with Gasteiger partial charge in [-0.3, -0.25) is 19.2 Å². The molecule has 0 radical (unpaired) electrons. The van der Waals surface area contributed by atoms with E-state index in [4.69, 9.17) is 14.9 Å². The van der Waals surface area contributed by atoms with Crippen molar-refractivity contribution in [1.82, 2.24) is 5.32 Å². The number of methoxy groups -OCH3 is 1. The molecule has 1 amide bonds. The van der Waals surface area contributed by atoms with Gasteiger partial charge in [-0.1, -0.05) is 34.6 Å². The molecule has 0 bridgehead atoms. The van der Waals surface area contributed by atoms with Gasteiger partial charge in [-0.25, -0.2) is 8.42 Å². The Bertz CT molecular complexity index is 947. The Hall–Kier alpha value is -1.25. The van der Waals surface area contributed by atoms with E-state index in [2.05, 4.69) is 10.1 Å². The van der Waals surface area contributed by atoms with Crippen molar-refractivity contribution in [2.45, 2.75) is 121 Å². The number of aliphatic hydroxyl groups is 1. The summed E-state index contributed by atoms with van der Waals surface area (Å²) in [5.74, 6) is -2.11. The molecule has 0 aliphatic heterocycles.